The number of ether oxygens (including phenoxy) is 1. The van der Waals surface area contributed by atoms with E-state index in [4.69, 9.17) is 16.3 Å². The van der Waals surface area contributed by atoms with Crippen molar-refractivity contribution in [3.63, 3.8) is 0 Å². The molecule has 1 rings (SSSR count). The van der Waals surface area contributed by atoms with Crippen molar-refractivity contribution in [2.45, 2.75) is 25.8 Å². The van der Waals surface area contributed by atoms with Crippen molar-refractivity contribution in [1.82, 2.24) is 5.32 Å². The zero-order valence-electron chi connectivity index (χ0n) is 10.1. The van der Waals surface area contributed by atoms with E-state index in [1.165, 1.54) is 0 Å². The molecule has 0 aliphatic carbocycles. The third-order valence-electron chi connectivity index (χ3n) is 2.45. The van der Waals surface area contributed by atoms with Gasteiger partial charge in [-0.05, 0) is 44.0 Å². The molecule has 0 amide bonds. The Morgan fingerprint density at radius 2 is 2.06 bits per heavy atom. The van der Waals surface area contributed by atoms with Gasteiger partial charge in [0, 0.05) is 22.9 Å². The second kappa shape index (κ2) is 8.78. The maximum absolute atomic E-state index is 5.64. The van der Waals surface area contributed by atoms with Crippen LogP contribution >= 0.6 is 27.5 Å². The van der Waals surface area contributed by atoms with E-state index in [0.717, 1.165) is 35.5 Å². The molecule has 1 aromatic carbocycles. The molecular weight excluding hydrogens is 302 g/mol. The molecule has 0 aliphatic rings. The summed E-state index contributed by atoms with van der Waals surface area (Å²) in [6.45, 7) is 3.72. The molecule has 1 N–H and O–H groups in total. The van der Waals surface area contributed by atoms with Crippen molar-refractivity contribution in [2.75, 3.05) is 19.0 Å². The SMILES string of the molecule is CC(CCCCl)NCCOc1ccc(Br)cc1. The van der Waals surface area contributed by atoms with Crippen LogP contribution in [0, 0.1) is 0 Å². The predicted octanol–water partition coefficient (Wildman–Crippen LogP) is 3.83. The van der Waals surface area contributed by atoms with E-state index < -0.39 is 0 Å². The molecule has 0 saturated carbocycles. The molecule has 1 aromatic rings. The van der Waals surface area contributed by atoms with Crippen molar-refractivity contribution in [1.29, 1.82) is 0 Å². The summed E-state index contributed by atoms with van der Waals surface area (Å²) in [6.07, 6.45) is 2.17. The fraction of sp³-hybridized carbons (Fsp3) is 0.538. The van der Waals surface area contributed by atoms with E-state index in [9.17, 15) is 0 Å². The molecule has 2 nitrogen and oxygen atoms in total. The molecule has 17 heavy (non-hydrogen) atoms. The van der Waals surface area contributed by atoms with E-state index in [2.05, 4.69) is 28.2 Å². The van der Waals surface area contributed by atoms with Crippen LogP contribution in [0.5, 0.6) is 5.75 Å². The first-order chi connectivity index (χ1) is 8.22. The molecule has 0 aliphatic heterocycles. The lowest BCUT2D eigenvalue weighted by Crippen LogP contribution is -2.30. The minimum absolute atomic E-state index is 0.502. The standard InChI is InChI=1S/C13H19BrClNO/c1-11(3-2-8-15)16-9-10-17-13-6-4-12(14)5-7-13/h4-7,11,16H,2-3,8-10H2,1H3. The van der Waals surface area contributed by atoms with Gasteiger partial charge in [-0.3, -0.25) is 0 Å². The Kier molecular flexibility index (Phi) is 7.65. The Morgan fingerprint density at radius 1 is 1.35 bits per heavy atom. The van der Waals surface area contributed by atoms with Crippen LogP contribution in [0.1, 0.15) is 19.8 Å². The van der Waals surface area contributed by atoms with Crippen LogP contribution in [-0.4, -0.2) is 25.1 Å². The van der Waals surface area contributed by atoms with Crippen LogP contribution in [0.15, 0.2) is 28.7 Å². The molecule has 96 valence electrons. The second-order valence-corrected chi connectivity index (χ2v) is 5.28. The number of nitrogens with one attached hydrogen (secondary N) is 1. The van der Waals surface area contributed by atoms with Crippen molar-refractivity contribution in [3.05, 3.63) is 28.7 Å². The summed E-state index contributed by atoms with van der Waals surface area (Å²) in [7, 11) is 0. The van der Waals surface area contributed by atoms with Gasteiger partial charge < -0.3 is 10.1 Å². The fourth-order valence-corrected chi connectivity index (χ4v) is 1.91. The maximum Gasteiger partial charge on any atom is 0.119 e. The van der Waals surface area contributed by atoms with Gasteiger partial charge in [0.05, 0.1) is 0 Å². The molecule has 0 heterocycles. The molecule has 0 radical (unpaired) electrons. The van der Waals surface area contributed by atoms with Gasteiger partial charge in [-0.1, -0.05) is 15.9 Å². The van der Waals surface area contributed by atoms with Crippen molar-refractivity contribution >= 4 is 27.5 Å². The average Bonchev–Trinajstić information content (AvgIpc) is 2.34. The van der Waals surface area contributed by atoms with Gasteiger partial charge in [-0.25, -0.2) is 0 Å². The molecule has 0 saturated heterocycles. The summed E-state index contributed by atoms with van der Waals surface area (Å²) < 4.78 is 6.67. The summed E-state index contributed by atoms with van der Waals surface area (Å²) in [5.74, 6) is 1.64. The van der Waals surface area contributed by atoms with Crippen LogP contribution in [0.25, 0.3) is 0 Å². The third-order valence-corrected chi connectivity index (χ3v) is 3.24. The van der Waals surface area contributed by atoms with Crippen molar-refractivity contribution in [3.8, 4) is 5.75 Å². The Labute approximate surface area is 117 Å². The summed E-state index contributed by atoms with van der Waals surface area (Å²) in [4.78, 5) is 0. The largest absolute Gasteiger partial charge is 0.492 e. The molecule has 0 spiro atoms. The van der Waals surface area contributed by atoms with E-state index in [0.29, 0.717) is 12.6 Å². The van der Waals surface area contributed by atoms with Crippen molar-refractivity contribution in [2.24, 2.45) is 0 Å². The molecule has 1 unspecified atom stereocenters. The number of alkyl halides is 1. The number of halogens is 2. The van der Waals surface area contributed by atoms with Crippen LogP contribution in [0.4, 0.5) is 0 Å². The topological polar surface area (TPSA) is 21.3 Å². The molecule has 0 fully saturated rings. The number of rotatable bonds is 8. The Balaban J connectivity index is 2.09. The number of hydrogen-bond acceptors (Lipinski definition) is 2. The first-order valence-corrected chi connectivity index (χ1v) is 7.23. The summed E-state index contributed by atoms with van der Waals surface area (Å²) in [5.41, 5.74) is 0. The minimum atomic E-state index is 0.502. The molecule has 0 aromatic heterocycles. The zero-order chi connectivity index (χ0) is 12.5. The lowest BCUT2D eigenvalue weighted by atomic mass is 10.2. The van der Waals surface area contributed by atoms with Crippen LogP contribution in [-0.2, 0) is 0 Å². The number of hydrogen-bond donors (Lipinski definition) is 1. The van der Waals surface area contributed by atoms with Gasteiger partial charge in [-0.15, -0.1) is 11.6 Å². The van der Waals surface area contributed by atoms with Gasteiger partial charge in [-0.2, -0.15) is 0 Å². The highest BCUT2D eigenvalue weighted by atomic mass is 79.9. The van der Waals surface area contributed by atoms with E-state index in [-0.39, 0.29) is 0 Å². The van der Waals surface area contributed by atoms with Crippen LogP contribution < -0.4 is 10.1 Å². The second-order valence-electron chi connectivity index (χ2n) is 3.99. The van der Waals surface area contributed by atoms with E-state index in [1.54, 1.807) is 0 Å². The molecular formula is C13H19BrClNO. The lowest BCUT2D eigenvalue weighted by Gasteiger charge is -2.13. The molecule has 4 heteroatoms. The van der Waals surface area contributed by atoms with Crippen LogP contribution in [0.2, 0.25) is 0 Å². The van der Waals surface area contributed by atoms with Gasteiger partial charge in [0.25, 0.3) is 0 Å². The number of benzene rings is 1. The Morgan fingerprint density at radius 3 is 2.71 bits per heavy atom. The highest BCUT2D eigenvalue weighted by molar-refractivity contribution is 9.10. The smallest absolute Gasteiger partial charge is 0.119 e. The van der Waals surface area contributed by atoms with E-state index >= 15 is 0 Å². The molecule has 0 bridgehead atoms. The summed E-state index contributed by atoms with van der Waals surface area (Å²) in [5, 5.41) is 3.41. The Bertz CT molecular complexity index is 305. The maximum atomic E-state index is 5.64. The highest BCUT2D eigenvalue weighted by Crippen LogP contribution is 2.15. The Hall–Kier alpha value is -0.250. The third kappa shape index (κ3) is 6.92. The quantitative estimate of drug-likeness (QED) is 0.581. The first kappa shape index (κ1) is 14.8. The van der Waals surface area contributed by atoms with Gasteiger partial charge in [0.2, 0.25) is 0 Å². The van der Waals surface area contributed by atoms with Gasteiger partial charge in [0.15, 0.2) is 0 Å². The van der Waals surface area contributed by atoms with E-state index in [1.807, 2.05) is 24.3 Å². The summed E-state index contributed by atoms with van der Waals surface area (Å²) >= 11 is 9.04. The highest BCUT2D eigenvalue weighted by Gasteiger charge is 2.00. The normalized spacial score (nSPS) is 12.4. The average molecular weight is 321 g/mol. The minimum Gasteiger partial charge on any atom is -0.492 e. The first-order valence-electron chi connectivity index (χ1n) is 5.90. The van der Waals surface area contributed by atoms with Gasteiger partial charge in [0.1, 0.15) is 12.4 Å². The van der Waals surface area contributed by atoms with Crippen molar-refractivity contribution < 1.29 is 4.74 Å². The summed E-state index contributed by atoms with van der Waals surface area (Å²) in [6, 6.07) is 8.38. The monoisotopic (exact) mass is 319 g/mol. The fourth-order valence-electron chi connectivity index (χ4n) is 1.49. The van der Waals surface area contributed by atoms with Gasteiger partial charge >= 0.3 is 0 Å². The predicted molar refractivity (Wildman–Crippen MR) is 77.1 cm³/mol. The lowest BCUT2D eigenvalue weighted by molar-refractivity contribution is 0.305. The van der Waals surface area contributed by atoms with Crippen LogP contribution in [0.3, 0.4) is 0 Å². The zero-order valence-corrected chi connectivity index (χ0v) is 12.4. The molecule has 1 atom stereocenters.